The van der Waals surface area contributed by atoms with Crippen LogP contribution in [-0.2, 0) is 9.59 Å². The molecule has 2 heterocycles. The van der Waals surface area contributed by atoms with E-state index in [4.69, 9.17) is 8.83 Å². The van der Waals surface area contributed by atoms with E-state index in [1.807, 2.05) is 11.9 Å². The Morgan fingerprint density at radius 1 is 0.917 bits per heavy atom. The molecule has 0 N–H and O–H groups in total. The average Bonchev–Trinajstić information content (AvgIpc) is 3.27. The Labute approximate surface area is 141 Å². The number of carbonyl (C=O) groups is 2. The smallest absolute Gasteiger partial charge is 0.157 e. The highest BCUT2D eigenvalue weighted by Gasteiger charge is 2.05. The van der Waals surface area contributed by atoms with Gasteiger partial charge in [0.1, 0.15) is 11.5 Å². The summed E-state index contributed by atoms with van der Waals surface area (Å²) < 4.78 is 10.2. The molecule has 2 aromatic heterocycles. The summed E-state index contributed by atoms with van der Waals surface area (Å²) in [6.07, 6.45) is 10.3. The maximum absolute atomic E-state index is 11.8. The van der Waals surface area contributed by atoms with Crippen molar-refractivity contribution in [2.45, 2.75) is 12.8 Å². The third kappa shape index (κ3) is 6.62. The number of furan rings is 2. The molecule has 2 rings (SSSR count). The molecule has 0 radical (unpaired) electrons. The number of hydrogen-bond donors (Lipinski definition) is 0. The van der Waals surface area contributed by atoms with Gasteiger partial charge in [0.25, 0.3) is 0 Å². The molecule has 0 spiro atoms. The van der Waals surface area contributed by atoms with Gasteiger partial charge in [-0.2, -0.15) is 0 Å². The molecule has 24 heavy (non-hydrogen) atoms. The van der Waals surface area contributed by atoms with Crippen molar-refractivity contribution >= 4 is 23.7 Å². The van der Waals surface area contributed by atoms with Gasteiger partial charge in [0.05, 0.1) is 12.5 Å². The number of nitrogens with zero attached hydrogens (tertiary/aromatic N) is 1. The van der Waals surface area contributed by atoms with Crippen LogP contribution in [0.4, 0.5) is 0 Å². The van der Waals surface area contributed by atoms with Crippen LogP contribution in [0.1, 0.15) is 24.4 Å². The summed E-state index contributed by atoms with van der Waals surface area (Å²) in [4.78, 5) is 25.5. The second-order valence-corrected chi connectivity index (χ2v) is 5.43. The summed E-state index contributed by atoms with van der Waals surface area (Å²) in [7, 11) is 1.90. The van der Waals surface area contributed by atoms with Crippen molar-refractivity contribution in [1.82, 2.24) is 4.90 Å². The minimum Gasteiger partial charge on any atom is -0.465 e. The lowest BCUT2D eigenvalue weighted by molar-refractivity contribution is -0.114. The standard InChI is InChI=1S/C19H21NO4/c1-20(12-10-16(21)6-8-18-4-2-14-23-18)13-11-17(22)7-9-19-5-3-15-24-19/h2-9,14-15H,10-13H2,1H3/b8-6-,9-7-. The number of allylic oxidation sites excluding steroid dienone is 2. The van der Waals surface area contributed by atoms with Crippen molar-refractivity contribution in [2.24, 2.45) is 0 Å². The van der Waals surface area contributed by atoms with Crippen LogP contribution in [0.25, 0.3) is 12.2 Å². The lowest BCUT2D eigenvalue weighted by atomic mass is 10.2. The van der Waals surface area contributed by atoms with Gasteiger partial charge in [-0.15, -0.1) is 0 Å². The lowest BCUT2D eigenvalue weighted by Gasteiger charge is -2.14. The van der Waals surface area contributed by atoms with Gasteiger partial charge in [0.2, 0.25) is 0 Å². The van der Waals surface area contributed by atoms with Crippen LogP contribution in [0, 0.1) is 0 Å². The molecule has 0 atom stereocenters. The Morgan fingerprint density at radius 2 is 1.38 bits per heavy atom. The van der Waals surface area contributed by atoms with Gasteiger partial charge in [-0.25, -0.2) is 0 Å². The van der Waals surface area contributed by atoms with E-state index in [2.05, 4.69) is 0 Å². The zero-order valence-corrected chi connectivity index (χ0v) is 13.7. The quantitative estimate of drug-likeness (QED) is 0.625. The first-order chi connectivity index (χ1) is 11.6. The molecule has 0 fully saturated rings. The predicted molar refractivity (Wildman–Crippen MR) is 92.2 cm³/mol. The zero-order valence-electron chi connectivity index (χ0n) is 13.7. The van der Waals surface area contributed by atoms with Gasteiger partial charge in [0, 0.05) is 25.9 Å². The van der Waals surface area contributed by atoms with Gasteiger partial charge in [-0.1, -0.05) is 0 Å². The molecule has 5 nitrogen and oxygen atoms in total. The summed E-state index contributed by atoms with van der Waals surface area (Å²) in [5, 5.41) is 0. The van der Waals surface area contributed by atoms with Gasteiger partial charge < -0.3 is 13.7 Å². The molecule has 0 aromatic carbocycles. The zero-order chi connectivity index (χ0) is 17.2. The van der Waals surface area contributed by atoms with Crippen molar-refractivity contribution in [1.29, 1.82) is 0 Å². The highest BCUT2D eigenvalue weighted by atomic mass is 16.3. The highest BCUT2D eigenvalue weighted by Crippen LogP contribution is 2.04. The van der Waals surface area contributed by atoms with Gasteiger partial charge in [-0.3, -0.25) is 9.59 Å². The summed E-state index contributed by atoms with van der Waals surface area (Å²) in [6.45, 7) is 1.22. The largest absolute Gasteiger partial charge is 0.465 e. The summed E-state index contributed by atoms with van der Waals surface area (Å²) in [5.74, 6) is 1.38. The van der Waals surface area contributed by atoms with E-state index in [1.54, 1.807) is 48.9 Å². The Balaban J connectivity index is 1.63. The number of rotatable bonds is 10. The van der Waals surface area contributed by atoms with Crippen molar-refractivity contribution in [3.8, 4) is 0 Å². The maximum atomic E-state index is 11.8. The number of ketones is 2. The number of carbonyl (C=O) groups excluding carboxylic acids is 2. The fourth-order valence-electron chi connectivity index (χ4n) is 2.00. The molecule has 0 aliphatic heterocycles. The van der Waals surface area contributed by atoms with Gasteiger partial charge in [0.15, 0.2) is 11.6 Å². The molecule has 0 amide bonds. The summed E-state index contributed by atoms with van der Waals surface area (Å²) in [5.41, 5.74) is 0. The Morgan fingerprint density at radius 3 is 1.75 bits per heavy atom. The van der Waals surface area contributed by atoms with E-state index < -0.39 is 0 Å². The SMILES string of the molecule is CN(CCC(=O)/C=C\c1ccco1)CCC(=O)/C=C\c1ccco1. The molecular weight excluding hydrogens is 306 g/mol. The second-order valence-electron chi connectivity index (χ2n) is 5.43. The maximum Gasteiger partial charge on any atom is 0.157 e. The monoisotopic (exact) mass is 327 g/mol. The Kier molecular flexibility index (Phi) is 6.98. The second kappa shape index (κ2) is 9.47. The minimum absolute atomic E-state index is 0.0299. The molecule has 0 bridgehead atoms. The predicted octanol–water partition coefficient (Wildman–Crippen LogP) is 3.45. The van der Waals surface area contributed by atoms with E-state index in [1.165, 1.54) is 12.2 Å². The Bertz CT molecular complexity index is 621. The lowest BCUT2D eigenvalue weighted by Crippen LogP contribution is -2.24. The fourth-order valence-corrected chi connectivity index (χ4v) is 2.00. The normalized spacial score (nSPS) is 11.8. The van der Waals surface area contributed by atoms with Crippen molar-refractivity contribution < 1.29 is 18.4 Å². The highest BCUT2D eigenvalue weighted by molar-refractivity contribution is 5.94. The number of hydrogen-bond acceptors (Lipinski definition) is 5. The van der Waals surface area contributed by atoms with Crippen LogP contribution in [0.3, 0.4) is 0 Å². The molecular formula is C19H21NO4. The fraction of sp³-hybridized carbons (Fsp3) is 0.263. The summed E-state index contributed by atoms with van der Waals surface area (Å²) in [6, 6.07) is 7.13. The van der Waals surface area contributed by atoms with Crippen LogP contribution in [-0.4, -0.2) is 36.6 Å². The van der Waals surface area contributed by atoms with Gasteiger partial charge >= 0.3 is 0 Å². The topological polar surface area (TPSA) is 63.7 Å². The first-order valence-electron chi connectivity index (χ1n) is 7.81. The van der Waals surface area contributed by atoms with Crippen LogP contribution >= 0.6 is 0 Å². The molecule has 5 heteroatoms. The minimum atomic E-state index is 0.0299. The van der Waals surface area contributed by atoms with Crippen LogP contribution in [0.2, 0.25) is 0 Å². The van der Waals surface area contributed by atoms with Gasteiger partial charge in [-0.05, 0) is 55.6 Å². The molecule has 2 aromatic rings. The third-order valence-electron chi connectivity index (χ3n) is 3.43. The summed E-state index contributed by atoms with van der Waals surface area (Å²) >= 11 is 0. The van der Waals surface area contributed by atoms with Crippen molar-refractivity contribution in [3.05, 3.63) is 60.5 Å². The van der Waals surface area contributed by atoms with E-state index in [0.29, 0.717) is 37.5 Å². The van der Waals surface area contributed by atoms with E-state index in [-0.39, 0.29) is 11.6 Å². The first kappa shape index (κ1) is 17.7. The van der Waals surface area contributed by atoms with Crippen molar-refractivity contribution in [2.75, 3.05) is 20.1 Å². The average molecular weight is 327 g/mol. The van der Waals surface area contributed by atoms with Crippen LogP contribution < -0.4 is 0 Å². The molecule has 0 unspecified atom stereocenters. The van der Waals surface area contributed by atoms with Crippen LogP contribution in [0.15, 0.2) is 57.8 Å². The molecule has 0 saturated carbocycles. The molecule has 126 valence electrons. The van der Waals surface area contributed by atoms with Crippen molar-refractivity contribution in [3.63, 3.8) is 0 Å². The first-order valence-corrected chi connectivity index (χ1v) is 7.81. The Hall–Kier alpha value is -2.66. The van der Waals surface area contributed by atoms with E-state index in [0.717, 1.165) is 0 Å². The molecule has 0 saturated heterocycles. The van der Waals surface area contributed by atoms with Crippen LogP contribution in [0.5, 0.6) is 0 Å². The molecule has 0 aliphatic rings. The molecule has 0 aliphatic carbocycles. The third-order valence-corrected chi connectivity index (χ3v) is 3.43. The van der Waals surface area contributed by atoms with E-state index >= 15 is 0 Å². The van der Waals surface area contributed by atoms with E-state index in [9.17, 15) is 9.59 Å².